The maximum absolute atomic E-state index is 14.0. The van der Waals surface area contributed by atoms with Crippen LogP contribution in [-0.2, 0) is 16.1 Å². The Morgan fingerprint density at radius 2 is 1.69 bits per heavy atom. The Hall–Kier alpha value is -3.27. The van der Waals surface area contributed by atoms with Gasteiger partial charge >= 0.3 is 5.97 Å². The van der Waals surface area contributed by atoms with Crippen molar-refractivity contribution >= 4 is 69.8 Å². The van der Waals surface area contributed by atoms with Crippen LogP contribution < -0.4 is 24.4 Å². The molecule has 5 rings (SSSR count). The SMILES string of the molecule is COC(=O)C1=C(C)N=c2s/c(=C\c3cc(Cl)ccc3OCc3ccc(Cl)c(Cl)c3)c(=O)n2[C@H]1c1cc(Cl)ccc1OC. The van der Waals surface area contributed by atoms with Gasteiger partial charge in [0, 0.05) is 21.2 Å². The first-order chi connectivity index (χ1) is 20.1. The highest BCUT2D eigenvalue weighted by Crippen LogP contribution is 2.37. The molecule has 42 heavy (non-hydrogen) atoms. The number of allylic oxidation sites excluding steroid dienone is 1. The van der Waals surface area contributed by atoms with Crippen molar-refractivity contribution in [3.05, 3.63) is 122 Å². The zero-order chi connectivity index (χ0) is 30.1. The highest BCUT2D eigenvalue weighted by atomic mass is 35.5. The van der Waals surface area contributed by atoms with Gasteiger partial charge in [-0.3, -0.25) is 9.36 Å². The minimum Gasteiger partial charge on any atom is -0.496 e. The van der Waals surface area contributed by atoms with Crippen LogP contribution in [0, 0.1) is 0 Å². The molecule has 0 amide bonds. The Morgan fingerprint density at radius 1 is 0.976 bits per heavy atom. The second-order valence-corrected chi connectivity index (χ2v) is 11.9. The normalized spacial score (nSPS) is 14.8. The van der Waals surface area contributed by atoms with Crippen LogP contribution in [0.2, 0.25) is 20.1 Å². The number of ether oxygens (including phenoxy) is 3. The molecular formula is C30H22Cl4N2O5S. The van der Waals surface area contributed by atoms with E-state index < -0.39 is 12.0 Å². The summed E-state index contributed by atoms with van der Waals surface area (Å²) >= 11 is 26.0. The van der Waals surface area contributed by atoms with E-state index in [0.29, 0.717) is 57.7 Å². The molecule has 1 aromatic heterocycles. The van der Waals surface area contributed by atoms with Crippen LogP contribution in [0.3, 0.4) is 0 Å². The smallest absolute Gasteiger partial charge is 0.338 e. The molecule has 0 saturated heterocycles. The number of aromatic nitrogens is 1. The van der Waals surface area contributed by atoms with Crippen molar-refractivity contribution in [1.82, 2.24) is 4.57 Å². The van der Waals surface area contributed by atoms with E-state index in [2.05, 4.69) is 4.99 Å². The van der Waals surface area contributed by atoms with Crippen LogP contribution in [0.25, 0.3) is 6.08 Å². The average Bonchev–Trinajstić information content (AvgIpc) is 3.27. The van der Waals surface area contributed by atoms with Crippen molar-refractivity contribution in [2.24, 2.45) is 4.99 Å². The first-order valence-corrected chi connectivity index (χ1v) is 14.7. The highest BCUT2D eigenvalue weighted by molar-refractivity contribution is 7.07. The molecule has 216 valence electrons. The van der Waals surface area contributed by atoms with Gasteiger partial charge in [0.15, 0.2) is 4.80 Å². The number of rotatable bonds is 7. The van der Waals surface area contributed by atoms with Crippen molar-refractivity contribution in [1.29, 1.82) is 0 Å². The first-order valence-electron chi connectivity index (χ1n) is 12.4. The third kappa shape index (κ3) is 5.96. The van der Waals surface area contributed by atoms with Gasteiger partial charge in [0.1, 0.15) is 24.1 Å². The average molecular weight is 664 g/mol. The second kappa shape index (κ2) is 12.5. The first kappa shape index (κ1) is 30.2. The van der Waals surface area contributed by atoms with E-state index in [-0.39, 0.29) is 17.7 Å². The van der Waals surface area contributed by atoms with Crippen LogP contribution in [0.15, 0.2) is 75.7 Å². The Labute approximate surface area is 264 Å². The lowest BCUT2D eigenvalue weighted by molar-refractivity contribution is -0.136. The standard InChI is InChI=1S/C30H22Cl4N2O5S/c1-15-26(29(38)40-3)27(20-13-19(32)6-9-24(20)39-2)36-28(37)25(42-30(36)35-15)12-17-11-18(31)5-8-23(17)41-14-16-4-7-21(33)22(34)10-16/h4-13,27H,14H2,1-3H3/b25-12-/t27-/m0/s1. The molecule has 0 N–H and O–H groups in total. The van der Waals surface area contributed by atoms with Crippen molar-refractivity contribution in [3.63, 3.8) is 0 Å². The van der Waals surface area contributed by atoms with Crippen LogP contribution in [0.4, 0.5) is 0 Å². The molecule has 1 aliphatic heterocycles. The number of esters is 1. The van der Waals surface area contributed by atoms with Gasteiger partial charge in [0.05, 0.1) is 40.1 Å². The molecule has 0 aliphatic carbocycles. The third-order valence-corrected chi connectivity index (χ3v) is 8.74. The summed E-state index contributed by atoms with van der Waals surface area (Å²) in [5.74, 6) is 0.323. The molecule has 12 heteroatoms. The second-order valence-electron chi connectivity index (χ2n) is 9.18. The number of hydrogen-bond acceptors (Lipinski definition) is 7. The van der Waals surface area contributed by atoms with Gasteiger partial charge in [-0.15, -0.1) is 0 Å². The van der Waals surface area contributed by atoms with E-state index in [4.69, 9.17) is 60.6 Å². The summed E-state index contributed by atoms with van der Waals surface area (Å²) in [4.78, 5) is 32.0. The number of hydrogen-bond donors (Lipinski definition) is 0. The third-order valence-electron chi connectivity index (χ3n) is 6.55. The number of halogens is 4. The van der Waals surface area contributed by atoms with E-state index >= 15 is 0 Å². The molecule has 0 bridgehead atoms. The quantitative estimate of drug-likeness (QED) is 0.208. The van der Waals surface area contributed by atoms with Gasteiger partial charge in [-0.1, -0.05) is 63.8 Å². The lowest BCUT2D eigenvalue weighted by Gasteiger charge is -2.25. The number of methoxy groups -OCH3 is 2. The molecule has 3 aromatic carbocycles. The molecule has 4 aromatic rings. The zero-order valence-electron chi connectivity index (χ0n) is 22.4. The summed E-state index contributed by atoms with van der Waals surface area (Å²) in [5, 5.41) is 1.74. The molecule has 0 radical (unpaired) electrons. The molecule has 2 heterocycles. The molecule has 0 unspecified atom stereocenters. The predicted octanol–water partition coefficient (Wildman–Crippen LogP) is 6.61. The Morgan fingerprint density at radius 3 is 2.38 bits per heavy atom. The molecule has 1 atom stereocenters. The van der Waals surface area contributed by atoms with E-state index in [9.17, 15) is 9.59 Å². The summed E-state index contributed by atoms with van der Waals surface area (Å²) in [7, 11) is 2.78. The molecule has 0 fully saturated rings. The van der Waals surface area contributed by atoms with Gasteiger partial charge in [0.2, 0.25) is 0 Å². The van der Waals surface area contributed by atoms with Crippen molar-refractivity contribution in [3.8, 4) is 11.5 Å². The Balaban J connectivity index is 1.65. The monoisotopic (exact) mass is 662 g/mol. The summed E-state index contributed by atoms with van der Waals surface area (Å²) in [6.07, 6.45) is 1.68. The number of carbonyl (C=O) groups is 1. The number of fused-ring (bicyclic) bond motifs is 1. The topological polar surface area (TPSA) is 79.1 Å². The lowest BCUT2D eigenvalue weighted by atomic mass is 9.95. The lowest BCUT2D eigenvalue weighted by Crippen LogP contribution is -2.40. The molecule has 1 aliphatic rings. The van der Waals surface area contributed by atoms with Crippen molar-refractivity contribution in [2.75, 3.05) is 14.2 Å². The largest absolute Gasteiger partial charge is 0.496 e. The van der Waals surface area contributed by atoms with E-state index in [1.165, 1.54) is 30.1 Å². The summed E-state index contributed by atoms with van der Waals surface area (Å²) in [6.45, 7) is 1.90. The molecular weight excluding hydrogens is 642 g/mol. The summed E-state index contributed by atoms with van der Waals surface area (Å²) in [6, 6.07) is 14.5. The van der Waals surface area contributed by atoms with Gasteiger partial charge in [-0.05, 0) is 67.1 Å². The number of benzene rings is 3. The van der Waals surface area contributed by atoms with Crippen LogP contribution in [0.5, 0.6) is 11.5 Å². The fraction of sp³-hybridized carbons (Fsp3) is 0.167. The molecule has 0 spiro atoms. The fourth-order valence-corrected chi connectivity index (χ4v) is 6.32. The number of nitrogens with zero attached hydrogens (tertiary/aromatic N) is 2. The number of thiazole rings is 1. The zero-order valence-corrected chi connectivity index (χ0v) is 26.3. The van der Waals surface area contributed by atoms with Crippen LogP contribution in [-0.4, -0.2) is 24.8 Å². The van der Waals surface area contributed by atoms with Gasteiger partial charge < -0.3 is 14.2 Å². The summed E-state index contributed by atoms with van der Waals surface area (Å²) in [5.41, 5.74) is 2.14. The van der Waals surface area contributed by atoms with Crippen LogP contribution in [0.1, 0.15) is 29.7 Å². The Bertz CT molecular complexity index is 1930. The number of carbonyl (C=O) groups excluding carboxylic acids is 1. The van der Waals surface area contributed by atoms with E-state index in [1.54, 1.807) is 61.5 Å². The molecule has 7 nitrogen and oxygen atoms in total. The molecule has 0 saturated carbocycles. The van der Waals surface area contributed by atoms with Crippen LogP contribution >= 0.6 is 57.7 Å². The van der Waals surface area contributed by atoms with Crippen molar-refractivity contribution in [2.45, 2.75) is 19.6 Å². The Kier molecular flexibility index (Phi) is 9.01. The maximum Gasteiger partial charge on any atom is 0.338 e. The fourth-order valence-electron chi connectivity index (χ4n) is 4.60. The van der Waals surface area contributed by atoms with E-state index in [0.717, 1.165) is 5.56 Å². The minimum absolute atomic E-state index is 0.199. The summed E-state index contributed by atoms with van der Waals surface area (Å²) < 4.78 is 18.5. The maximum atomic E-state index is 14.0. The predicted molar refractivity (Wildman–Crippen MR) is 166 cm³/mol. The van der Waals surface area contributed by atoms with Crippen molar-refractivity contribution < 1.29 is 19.0 Å². The van der Waals surface area contributed by atoms with Gasteiger partial charge in [0.25, 0.3) is 5.56 Å². The highest BCUT2D eigenvalue weighted by Gasteiger charge is 2.35. The minimum atomic E-state index is -0.894. The van der Waals surface area contributed by atoms with Gasteiger partial charge in [-0.2, -0.15) is 0 Å². The van der Waals surface area contributed by atoms with Gasteiger partial charge in [-0.25, -0.2) is 9.79 Å². The van der Waals surface area contributed by atoms with E-state index in [1.807, 2.05) is 6.07 Å².